The number of carbonyl (C=O) groups excluding carboxylic acids is 2. The minimum Gasteiger partial charge on any atom is -0.508 e. The van der Waals surface area contributed by atoms with Gasteiger partial charge in [-0.15, -0.1) is 0 Å². The Morgan fingerprint density at radius 1 is 1.12 bits per heavy atom. The molecule has 8 N–H and O–H groups in total. The number of nitrogens with two attached hydrogens (primary N) is 3. The van der Waals surface area contributed by atoms with Crippen molar-refractivity contribution in [1.29, 1.82) is 0 Å². The van der Waals surface area contributed by atoms with Crippen molar-refractivity contribution in [2.24, 2.45) is 17.2 Å². The fourth-order valence-corrected chi connectivity index (χ4v) is 1.43. The zero-order valence-corrected chi connectivity index (χ0v) is 13.7. The second-order valence-corrected chi connectivity index (χ2v) is 4.97. The SMILES string of the molecule is NCC(=O)OC(=O)[C@@H](N)CS.N[C@@H](Cc1ccc(O)cc1)C(=O)O. The number of phenolic OH excluding ortho intramolecular Hbond substituents is 1. The number of carboxylic acid groups (broad SMARTS) is 1. The molecule has 0 fully saturated rings. The van der Waals surface area contributed by atoms with Gasteiger partial charge < -0.3 is 32.2 Å². The lowest BCUT2D eigenvalue weighted by Crippen LogP contribution is -2.36. The Bertz CT molecular complexity index is 552. The largest absolute Gasteiger partial charge is 0.508 e. The van der Waals surface area contributed by atoms with Crippen LogP contribution in [0.1, 0.15) is 5.56 Å². The summed E-state index contributed by atoms with van der Waals surface area (Å²) in [5.74, 6) is -2.31. The molecule has 1 aromatic carbocycles. The molecule has 0 unspecified atom stereocenters. The van der Waals surface area contributed by atoms with Crippen LogP contribution in [-0.4, -0.2) is 52.5 Å². The molecule has 10 heteroatoms. The molecule has 0 saturated carbocycles. The molecule has 0 bridgehead atoms. The Morgan fingerprint density at radius 3 is 2.08 bits per heavy atom. The first-order chi connectivity index (χ1) is 11.2. The van der Waals surface area contributed by atoms with Crippen LogP contribution in [0.3, 0.4) is 0 Å². The average Bonchev–Trinajstić information content (AvgIpc) is 2.56. The Kier molecular flexibility index (Phi) is 10.4. The second kappa shape index (κ2) is 11.4. The molecule has 0 amide bonds. The summed E-state index contributed by atoms with van der Waals surface area (Å²) >= 11 is 3.74. The quantitative estimate of drug-likeness (QED) is 0.203. The second-order valence-electron chi connectivity index (χ2n) is 4.60. The molecule has 0 aliphatic heterocycles. The number of hydrogen-bond acceptors (Lipinski definition) is 9. The minimum absolute atomic E-state index is 0.136. The van der Waals surface area contributed by atoms with E-state index in [-0.39, 0.29) is 24.5 Å². The summed E-state index contributed by atoms with van der Waals surface area (Å²) in [6.07, 6.45) is 0.273. The molecule has 0 aliphatic rings. The van der Waals surface area contributed by atoms with Crippen LogP contribution in [0.2, 0.25) is 0 Å². The summed E-state index contributed by atoms with van der Waals surface area (Å²) in [6, 6.07) is 4.56. The highest BCUT2D eigenvalue weighted by molar-refractivity contribution is 7.80. The van der Waals surface area contributed by atoms with Crippen LogP contribution in [0.5, 0.6) is 5.75 Å². The van der Waals surface area contributed by atoms with Gasteiger partial charge in [0.05, 0.1) is 6.54 Å². The zero-order valence-electron chi connectivity index (χ0n) is 12.8. The predicted octanol–water partition coefficient (Wildman–Crippen LogP) is -1.38. The van der Waals surface area contributed by atoms with Crippen LogP contribution >= 0.6 is 12.6 Å². The van der Waals surface area contributed by atoms with E-state index in [1.165, 1.54) is 12.1 Å². The maximum absolute atomic E-state index is 10.7. The van der Waals surface area contributed by atoms with Gasteiger partial charge in [0.25, 0.3) is 0 Å². The van der Waals surface area contributed by atoms with Gasteiger partial charge in [-0.05, 0) is 24.1 Å². The number of carboxylic acids is 1. The van der Waals surface area contributed by atoms with E-state index in [1.807, 2.05) is 0 Å². The van der Waals surface area contributed by atoms with E-state index in [0.29, 0.717) is 0 Å². The fourth-order valence-electron chi connectivity index (χ4n) is 1.28. The minimum atomic E-state index is -1.02. The van der Waals surface area contributed by atoms with Crippen molar-refractivity contribution < 1.29 is 29.3 Å². The Balaban J connectivity index is 0.000000449. The third-order valence-electron chi connectivity index (χ3n) is 2.59. The first-order valence-electron chi connectivity index (χ1n) is 6.78. The summed E-state index contributed by atoms with van der Waals surface area (Å²) in [7, 11) is 0. The van der Waals surface area contributed by atoms with Gasteiger partial charge >= 0.3 is 17.9 Å². The van der Waals surface area contributed by atoms with Gasteiger partial charge in [0.2, 0.25) is 0 Å². The van der Waals surface area contributed by atoms with Gasteiger partial charge in [0.15, 0.2) is 0 Å². The first-order valence-corrected chi connectivity index (χ1v) is 7.41. The number of aromatic hydroxyl groups is 1. The van der Waals surface area contributed by atoms with Crippen molar-refractivity contribution in [2.75, 3.05) is 12.3 Å². The van der Waals surface area contributed by atoms with Gasteiger partial charge in [-0.2, -0.15) is 12.6 Å². The van der Waals surface area contributed by atoms with Gasteiger partial charge in [0, 0.05) is 5.75 Å². The van der Waals surface area contributed by atoms with E-state index >= 15 is 0 Å². The fraction of sp³-hybridized carbons (Fsp3) is 0.357. The molecule has 0 aromatic heterocycles. The van der Waals surface area contributed by atoms with Gasteiger partial charge in [-0.3, -0.25) is 9.59 Å². The molecule has 9 nitrogen and oxygen atoms in total. The number of aliphatic carboxylic acids is 1. The third kappa shape index (κ3) is 9.10. The number of ether oxygens (including phenoxy) is 1. The number of carbonyl (C=O) groups is 3. The lowest BCUT2D eigenvalue weighted by Gasteiger charge is -2.05. The first kappa shape index (κ1) is 21.9. The molecule has 1 aromatic rings. The predicted molar refractivity (Wildman–Crippen MR) is 89.4 cm³/mol. The Morgan fingerprint density at radius 2 is 1.67 bits per heavy atom. The van der Waals surface area contributed by atoms with Crippen LogP contribution in [0.25, 0.3) is 0 Å². The number of phenols is 1. The third-order valence-corrected chi connectivity index (χ3v) is 2.98. The molecule has 0 aliphatic carbocycles. The Hall–Kier alpha value is -2.14. The summed E-state index contributed by atoms with van der Waals surface area (Å²) in [5.41, 5.74) is 16.2. The topological polar surface area (TPSA) is 179 Å². The molecule has 2 atom stereocenters. The lowest BCUT2D eigenvalue weighted by atomic mass is 10.1. The van der Waals surface area contributed by atoms with Gasteiger partial charge in [-0.25, -0.2) is 4.79 Å². The van der Waals surface area contributed by atoms with Crippen molar-refractivity contribution in [3.05, 3.63) is 29.8 Å². The molecule has 0 saturated heterocycles. The molecule has 1 rings (SSSR count). The number of hydrogen-bond donors (Lipinski definition) is 6. The number of rotatable bonds is 6. The van der Waals surface area contributed by atoms with Crippen LogP contribution in [0.4, 0.5) is 0 Å². The maximum Gasteiger partial charge on any atom is 0.331 e. The molecule has 0 spiro atoms. The van der Waals surface area contributed by atoms with Gasteiger partial charge in [0.1, 0.15) is 17.8 Å². The van der Waals surface area contributed by atoms with Gasteiger partial charge in [-0.1, -0.05) is 12.1 Å². The van der Waals surface area contributed by atoms with E-state index in [1.54, 1.807) is 12.1 Å². The highest BCUT2D eigenvalue weighted by Crippen LogP contribution is 2.10. The number of esters is 2. The van der Waals surface area contributed by atoms with Crippen molar-refractivity contribution in [3.8, 4) is 5.75 Å². The molecule has 24 heavy (non-hydrogen) atoms. The average molecular weight is 359 g/mol. The number of thiol groups is 1. The Labute approximate surface area is 144 Å². The van der Waals surface area contributed by atoms with Crippen molar-refractivity contribution in [3.63, 3.8) is 0 Å². The van der Waals surface area contributed by atoms with E-state index in [4.69, 9.17) is 27.4 Å². The summed E-state index contributed by atoms with van der Waals surface area (Å²) in [4.78, 5) is 31.5. The van der Waals surface area contributed by atoms with Crippen LogP contribution in [-0.2, 0) is 25.5 Å². The summed E-state index contributed by atoms with van der Waals surface area (Å²) < 4.78 is 4.18. The summed E-state index contributed by atoms with van der Waals surface area (Å²) in [6.45, 7) is -0.328. The van der Waals surface area contributed by atoms with Crippen LogP contribution in [0, 0.1) is 0 Å². The molecular weight excluding hydrogens is 338 g/mol. The monoisotopic (exact) mass is 359 g/mol. The van der Waals surface area contributed by atoms with Crippen LogP contribution in [0.15, 0.2) is 24.3 Å². The van der Waals surface area contributed by atoms with E-state index < -0.39 is 30.0 Å². The molecule has 0 radical (unpaired) electrons. The molecular formula is C14H21N3O6S. The van der Waals surface area contributed by atoms with E-state index in [0.717, 1.165) is 5.56 Å². The zero-order chi connectivity index (χ0) is 18.7. The van der Waals surface area contributed by atoms with E-state index in [9.17, 15) is 14.4 Å². The van der Waals surface area contributed by atoms with Crippen molar-refractivity contribution >= 4 is 30.5 Å². The van der Waals surface area contributed by atoms with Crippen LogP contribution < -0.4 is 17.2 Å². The summed E-state index contributed by atoms with van der Waals surface area (Å²) in [5, 5.41) is 17.5. The maximum atomic E-state index is 10.7. The van der Waals surface area contributed by atoms with E-state index in [2.05, 4.69) is 17.4 Å². The smallest absolute Gasteiger partial charge is 0.331 e. The standard InChI is InChI=1S/C9H11NO3.C5H10N2O3S/c10-8(9(12)13)5-6-1-3-7(11)4-2-6;6-1-4(8)10-5(9)3(7)2-11/h1-4,8,11H,5,10H2,(H,12,13);3,11H,1-2,6-7H2/t8-;3-/m00/s1. The lowest BCUT2D eigenvalue weighted by molar-refractivity contribution is -0.159. The number of benzene rings is 1. The normalized spacial score (nSPS) is 12.3. The molecule has 134 valence electrons. The molecule has 0 heterocycles. The highest BCUT2D eigenvalue weighted by atomic mass is 32.1. The van der Waals surface area contributed by atoms with Crippen molar-refractivity contribution in [1.82, 2.24) is 0 Å². The highest BCUT2D eigenvalue weighted by Gasteiger charge is 2.15. The van der Waals surface area contributed by atoms with Crippen molar-refractivity contribution in [2.45, 2.75) is 18.5 Å².